The van der Waals surface area contributed by atoms with Gasteiger partial charge in [-0.3, -0.25) is 4.79 Å². The van der Waals surface area contributed by atoms with E-state index in [-0.39, 0.29) is 5.91 Å². The fraction of sp³-hybridized carbons (Fsp3) is 0.350. The van der Waals surface area contributed by atoms with Crippen molar-refractivity contribution in [2.75, 3.05) is 12.4 Å². The van der Waals surface area contributed by atoms with Crippen LogP contribution in [-0.2, 0) is 16.1 Å². The molecule has 0 spiro atoms. The number of methoxy groups -OCH3 is 1. The van der Waals surface area contributed by atoms with Crippen LogP contribution in [0.4, 0.5) is 5.69 Å². The minimum Gasteiger partial charge on any atom is -0.489 e. The molecule has 4 nitrogen and oxygen atoms in total. The standard InChI is InChI=1S/C20H25NO3/c1-4-14-20(2,23-3)19(22)21-17-10-12-18(13-11-17)24-15-16-8-6-5-7-9-16/h5-13H,4,14-15H2,1-3H3,(H,21,22)/t20-/m0/s1. The summed E-state index contributed by atoms with van der Waals surface area (Å²) in [6.45, 7) is 4.36. The van der Waals surface area contributed by atoms with Crippen molar-refractivity contribution in [1.82, 2.24) is 0 Å². The number of amides is 1. The van der Waals surface area contributed by atoms with Gasteiger partial charge in [0.15, 0.2) is 0 Å². The molecule has 0 radical (unpaired) electrons. The summed E-state index contributed by atoms with van der Waals surface area (Å²) in [5.41, 5.74) is 1.04. The van der Waals surface area contributed by atoms with Crippen LogP contribution in [0.1, 0.15) is 32.3 Å². The molecule has 128 valence electrons. The lowest BCUT2D eigenvalue weighted by molar-refractivity contribution is -0.136. The predicted molar refractivity (Wildman–Crippen MR) is 96.2 cm³/mol. The first-order valence-corrected chi connectivity index (χ1v) is 8.21. The number of rotatable bonds is 8. The molecular weight excluding hydrogens is 302 g/mol. The summed E-state index contributed by atoms with van der Waals surface area (Å²) in [7, 11) is 1.57. The Morgan fingerprint density at radius 1 is 1.08 bits per heavy atom. The average molecular weight is 327 g/mol. The Morgan fingerprint density at radius 2 is 1.75 bits per heavy atom. The smallest absolute Gasteiger partial charge is 0.256 e. The minimum atomic E-state index is -0.808. The lowest BCUT2D eigenvalue weighted by Crippen LogP contribution is -2.41. The Kier molecular flexibility index (Phi) is 6.38. The Hall–Kier alpha value is -2.33. The zero-order valence-corrected chi connectivity index (χ0v) is 14.5. The van der Waals surface area contributed by atoms with Crippen LogP contribution in [0.25, 0.3) is 0 Å². The van der Waals surface area contributed by atoms with Crippen molar-refractivity contribution in [1.29, 1.82) is 0 Å². The molecule has 0 aliphatic rings. The number of carbonyl (C=O) groups is 1. The molecule has 2 rings (SSSR count). The van der Waals surface area contributed by atoms with E-state index in [4.69, 9.17) is 9.47 Å². The van der Waals surface area contributed by atoms with Gasteiger partial charge in [-0.15, -0.1) is 0 Å². The molecule has 0 aliphatic heterocycles. The molecule has 0 aromatic heterocycles. The van der Waals surface area contributed by atoms with Gasteiger partial charge in [-0.05, 0) is 43.2 Å². The quantitative estimate of drug-likeness (QED) is 0.781. The Labute approximate surface area is 143 Å². The molecule has 4 heteroatoms. The first-order valence-electron chi connectivity index (χ1n) is 8.21. The van der Waals surface area contributed by atoms with E-state index in [0.717, 1.165) is 23.4 Å². The molecule has 1 N–H and O–H groups in total. The van der Waals surface area contributed by atoms with E-state index >= 15 is 0 Å². The van der Waals surface area contributed by atoms with Gasteiger partial charge in [-0.1, -0.05) is 43.7 Å². The second-order valence-corrected chi connectivity index (χ2v) is 5.94. The fourth-order valence-electron chi connectivity index (χ4n) is 2.42. The number of ether oxygens (including phenoxy) is 2. The van der Waals surface area contributed by atoms with Crippen LogP contribution in [0.2, 0.25) is 0 Å². The second-order valence-electron chi connectivity index (χ2n) is 5.94. The van der Waals surface area contributed by atoms with Gasteiger partial charge in [0.25, 0.3) is 5.91 Å². The lowest BCUT2D eigenvalue weighted by Gasteiger charge is -2.26. The molecule has 0 fully saturated rings. The highest BCUT2D eigenvalue weighted by molar-refractivity contribution is 5.97. The van der Waals surface area contributed by atoms with Crippen molar-refractivity contribution in [3.8, 4) is 5.75 Å². The van der Waals surface area contributed by atoms with E-state index in [9.17, 15) is 4.79 Å². The van der Waals surface area contributed by atoms with Gasteiger partial charge >= 0.3 is 0 Å². The largest absolute Gasteiger partial charge is 0.489 e. The number of nitrogens with one attached hydrogen (secondary N) is 1. The molecule has 0 bridgehead atoms. The number of anilines is 1. The third-order valence-electron chi connectivity index (χ3n) is 4.02. The normalized spacial score (nSPS) is 13.1. The third-order valence-corrected chi connectivity index (χ3v) is 4.02. The topological polar surface area (TPSA) is 47.6 Å². The molecule has 0 heterocycles. The zero-order valence-electron chi connectivity index (χ0n) is 14.5. The number of hydrogen-bond donors (Lipinski definition) is 1. The summed E-state index contributed by atoms with van der Waals surface area (Å²) in [6.07, 6.45) is 1.55. The summed E-state index contributed by atoms with van der Waals surface area (Å²) >= 11 is 0. The molecule has 0 saturated carbocycles. The predicted octanol–water partition coefficient (Wildman–Crippen LogP) is 4.41. The molecule has 2 aromatic carbocycles. The maximum Gasteiger partial charge on any atom is 0.256 e. The maximum absolute atomic E-state index is 12.4. The van der Waals surface area contributed by atoms with Crippen LogP contribution in [0.5, 0.6) is 5.75 Å². The van der Waals surface area contributed by atoms with Gasteiger partial charge in [0.1, 0.15) is 18.0 Å². The highest BCUT2D eigenvalue weighted by Gasteiger charge is 2.31. The molecule has 2 aromatic rings. The van der Waals surface area contributed by atoms with E-state index in [0.29, 0.717) is 13.0 Å². The zero-order chi connectivity index (χ0) is 17.4. The van der Waals surface area contributed by atoms with E-state index in [1.807, 2.05) is 68.4 Å². The van der Waals surface area contributed by atoms with Crippen LogP contribution in [-0.4, -0.2) is 18.6 Å². The van der Waals surface area contributed by atoms with Crippen LogP contribution in [0.3, 0.4) is 0 Å². The monoisotopic (exact) mass is 327 g/mol. The first kappa shape index (κ1) is 18.0. The van der Waals surface area contributed by atoms with Crippen molar-refractivity contribution in [2.24, 2.45) is 0 Å². The summed E-state index contributed by atoms with van der Waals surface area (Å²) in [5, 5.41) is 2.90. The van der Waals surface area contributed by atoms with Gasteiger partial charge in [0.05, 0.1) is 0 Å². The third kappa shape index (κ3) is 4.83. The van der Waals surface area contributed by atoms with E-state index < -0.39 is 5.60 Å². The van der Waals surface area contributed by atoms with E-state index in [1.165, 1.54) is 0 Å². The van der Waals surface area contributed by atoms with Gasteiger partial charge < -0.3 is 14.8 Å². The number of benzene rings is 2. The van der Waals surface area contributed by atoms with Gasteiger partial charge in [-0.2, -0.15) is 0 Å². The highest BCUT2D eigenvalue weighted by atomic mass is 16.5. The Morgan fingerprint density at radius 3 is 2.33 bits per heavy atom. The molecule has 0 saturated heterocycles. The molecule has 1 atom stereocenters. The van der Waals surface area contributed by atoms with Gasteiger partial charge in [0.2, 0.25) is 0 Å². The van der Waals surface area contributed by atoms with Crippen molar-refractivity contribution < 1.29 is 14.3 Å². The van der Waals surface area contributed by atoms with E-state index in [2.05, 4.69) is 5.32 Å². The van der Waals surface area contributed by atoms with Crippen LogP contribution < -0.4 is 10.1 Å². The Balaban J connectivity index is 1.93. The summed E-state index contributed by atoms with van der Waals surface area (Å²) in [4.78, 5) is 12.4. The molecule has 0 aliphatic carbocycles. The van der Waals surface area contributed by atoms with Crippen molar-refractivity contribution in [3.63, 3.8) is 0 Å². The van der Waals surface area contributed by atoms with Gasteiger partial charge in [0, 0.05) is 12.8 Å². The fourth-order valence-corrected chi connectivity index (χ4v) is 2.42. The average Bonchev–Trinajstić information content (AvgIpc) is 2.62. The summed E-state index contributed by atoms with van der Waals surface area (Å²) in [6, 6.07) is 17.4. The van der Waals surface area contributed by atoms with Crippen molar-refractivity contribution in [2.45, 2.75) is 38.9 Å². The van der Waals surface area contributed by atoms with Crippen molar-refractivity contribution >= 4 is 11.6 Å². The molecular formula is C20H25NO3. The molecule has 1 amide bonds. The highest BCUT2D eigenvalue weighted by Crippen LogP contribution is 2.21. The van der Waals surface area contributed by atoms with Crippen LogP contribution >= 0.6 is 0 Å². The summed E-state index contributed by atoms with van der Waals surface area (Å²) in [5.74, 6) is 0.629. The Bertz CT molecular complexity index is 640. The summed E-state index contributed by atoms with van der Waals surface area (Å²) < 4.78 is 11.1. The molecule has 24 heavy (non-hydrogen) atoms. The van der Waals surface area contributed by atoms with Gasteiger partial charge in [-0.25, -0.2) is 0 Å². The van der Waals surface area contributed by atoms with Crippen molar-refractivity contribution in [3.05, 3.63) is 60.2 Å². The van der Waals surface area contributed by atoms with Crippen LogP contribution in [0.15, 0.2) is 54.6 Å². The molecule has 0 unspecified atom stereocenters. The maximum atomic E-state index is 12.4. The SMILES string of the molecule is CCC[C@](C)(OC)C(=O)Nc1ccc(OCc2ccccc2)cc1. The van der Waals surface area contributed by atoms with Crippen LogP contribution in [0, 0.1) is 0 Å². The lowest BCUT2D eigenvalue weighted by atomic mass is 9.99. The second kappa shape index (κ2) is 8.50. The van der Waals surface area contributed by atoms with E-state index in [1.54, 1.807) is 7.11 Å². The number of hydrogen-bond acceptors (Lipinski definition) is 3. The minimum absolute atomic E-state index is 0.134. The first-order chi connectivity index (χ1) is 11.6. The number of carbonyl (C=O) groups excluding carboxylic acids is 1.